The van der Waals surface area contributed by atoms with E-state index in [2.05, 4.69) is 5.32 Å². The first-order valence-electron chi connectivity index (χ1n) is 14.2. The summed E-state index contributed by atoms with van der Waals surface area (Å²) in [6, 6.07) is 22.3. The molecule has 3 aromatic carbocycles. The number of nitrogens with one attached hydrogen (secondary N) is 1. The van der Waals surface area contributed by atoms with Crippen LogP contribution in [0.25, 0.3) is 22.4 Å². The Hall–Kier alpha value is -3.05. The summed E-state index contributed by atoms with van der Waals surface area (Å²) in [5.41, 5.74) is 5.13. The molecule has 1 heterocycles. The summed E-state index contributed by atoms with van der Waals surface area (Å²) in [5.74, 6) is -2.32. The number of benzene rings is 3. The van der Waals surface area contributed by atoms with Crippen LogP contribution in [0.4, 0.5) is 10.1 Å². The van der Waals surface area contributed by atoms with Crippen molar-refractivity contribution >= 4 is 55.3 Å². The molecule has 4 aromatic rings. The van der Waals surface area contributed by atoms with Gasteiger partial charge in [0.05, 0.1) is 30.1 Å². The number of aromatic nitrogens is 1. The van der Waals surface area contributed by atoms with Crippen LogP contribution in [0.5, 0.6) is 0 Å². The van der Waals surface area contributed by atoms with Gasteiger partial charge in [0, 0.05) is 35.9 Å². The number of nitrogens with zero attached hydrogens (tertiary/aromatic N) is 1. The molecule has 0 aliphatic heterocycles. The number of halogens is 1. The van der Waals surface area contributed by atoms with Gasteiger partial charge in [-0.1, -0.05) is 63.7 Å². The summed E-state index contributed by atoms with van der Waals surface area (Å²) in [7, 11) is 0. The van der Waals surface area contributed by atoms with Crippen molar-refractivity contribution in [3.05, 3.63) is 102 Å². The average Bonchev–Trinajstić information content (AvgIpc) is 3.32. The van der Waals surface area contributed by atoms with Gasteiger partial charge < -0.3 is 35.1 Å². The van der Waals surface area contributed by atoms with Crippen LogP contribution >= 0.6 is 0 Å². The van der Waals surface area contributed by atoms with Gasteiger partial charge in [-0.2, -0.15) is 0 Å². The summed E-state index contributed by atoms with van der Waals surface area (Å²) in [6.45, 7) is 4.03. The predicted octanol–water partition coefficient (Wildman–Crippen LogP) is 4.73. The van der Waals surface area contributed by atoms with Gasteiger partial charge in [-0.25, -0.2) is 4.39 Å². The molecule has 1 aromatic heterocycles. The fourth-order valence-corrected chi connectivity index (χ4v) is 5.37. The maximum atomic E-state index is 14.1. The number of anilines is 1. The van der Waals surface area contributed by atoms with E-state index in [1.807, 2.05) is 48.7 Å². The molecule has 234 valence electrons. The number of hydrogen-bond donors (Lipinski definition) is 4. The minimum atomic E-state index is -1.40. The van der Waals surface area contributed by atoms with Crippen molar-refractivity contribution in [2.24, 2.45) is 0 Å². The Kier molecular flexibility index (Phi) is 14.9. The van der Waals surface area contributed by atoms with Gasteiger partial charge >= 0.3 is 37.7 Å². The summed E-state index contributed by atoms with van der Waals surface area (Å²) >= 11 is 0. The Labute approximate surface area is 293 Å². The van der Waals surface area contributed by atoms with Crippen LogP contribution in [0.1, 0.15) is 68.1 Å². The maximum absolute atomic E-state index is 14.1. The number of hydrogen-bond acceptors (Lipinski definition) is 6. The second-order valence-corrected chi connectivity index (χ2v) is 10.9. The topological polar surface area (TPSA) is 135 Å². The number of rotatable bonds is 13. The third-order valence-electron chi connectivity index (χ3n) is 7.28. The van der Waals surface area contributed by atoms with Gasteiger partial charge in [-0.05, 0) is 71.8 Å². The quantitative estimate of drug-likeness (QED) is 0.156. The molecule has 0 spiro atoms. The molecular formula is C35H40CaFN2O6+. The zero-order valence-corrected chi connectivity index (χ0v) is 27.1. The Bertz CT molecular complexity index is 1540. The SMILES string of the molecule is C.CC(C)c1c(C(=O)Nc2ccc(CO)cc2)c(-c2ccccc2)c(-c2ccc(F)cc2)n1CC[C@@H](O)C[C@@H](O)CC(=O)[O-].[Ca+2]. The van der Waals surface area contributed by atoms with E-state index in [9.17, 15) is 34.4 Å². The largest absolute Gasteiger partial charge is 2.00 e. The van der Waals surface area contributed by atoms with E-state index >= 15 is 0 Å². The molecule has 0 saturated heterocycles. The van der Waals surface area contributed by atoms with E-state index in [4.69, 9.17) is 0 Å². The molecule has 0 aliphatic carbocycles. The van der Waals surface area contributed by atoms with Crippen LogP contribution in [-0.4, -0.2) is 81.7 Å². The standard InChI is InChI=1S/C34H37FN2O6.CH4.Ca/c1-21(2)32-31(34(43)36-26-14-8-22(20-38)9-15-26)30(23-6-4-3-5-7-23)33(24-10-12-25(35)13-11-24)37(32)17-16-27(39)18-28(40)19-29(41)42;;/h3-15,21,27-28,38-40H,16-20H2,1-2H3,(H,36,43)(H,41,42);1H4;/q;;+2/p-1/t27-,28-;;/m1../s1. The average molecular weight is 644 g/mol. The van der Waals surface area contributed by atoms with Gasteiger partial charge in [-0.15, -0.1) is 0 Å². The molecule has 4 rings (SSSR count). The van der Waals surface area contributed by atoms with E-state index in [-0.39, 0.29) is 83.0 Å². The summed E-state index contributed by atoms with van der Waals surface area (Å²) in [4.78, 5) is 25.0. The second kappa shape index (κ2) is 17.6. The molecule has 0 aliphatic rings. The first kappa shape index (κ1) is 38.1. The third-order valence-corrected chi connectivity index (χ3v) is 7.28. The monoisotopic (exact) mass is 643 g/mol. The Morgan fingerprint density at radius 3 is 2.09 bits per heavy atom. The molecule has 45 heavy (non-hydrogen) atoms. The van der Waals surface area contributed by atoms with E-state index in [0.717, 1.165) is 5.56 Å². The van der Waals surface area contributed by atoms with Crippen LogP contribution in [0.2, 0.25) is 0 Å². The van der Waals surface area contributed by atoms with Crippen molar-refractivity contribution in [3.8, 4) is 22.4 Å². The molecule has 0 radical (unpaired) electrons. The van der Waals surface area contributed by atoms with E-state index in [1.165, 1.54) is 12.1 Å². The Morgan fingerprint density at radius 2 is 1.53 bits per heavy atom. The first-order valence-corrected chi connectivity index (χ1v) is 14.2. The van der Waals surface area contributed by atoms with Crippen molar-refractivity contribution in [1.29, 1.82) is 0 Å². The number of carbonyl (C=O) groups excluding carboxylic acids is 2. The van der Waals surface area contributed by atoms with Crippen molar-refractivity contribution < 1.29 is 34.4 Å². The van der Waals surface area contributed by atoms with Crippen molar-refractivity contribution in [3.63, 3.8) is 0 Å². The Balaban J connectivity index is 0.00000353. The van der Waals surface area contributed by atoms with E-state index in [0.29, 0.717) is 39.3 Å². The molecule has 0 fully saturated rings. The van der Waals surface area contributed by atoms with Crippen LogP contribution in [-0.2, 0) is 17.9 Å². The fourth-order valence-electron chi connectivity index (χ4n) is 5.37. The summed E-state index contributed by atoms with van der Waals surface area (Å²) in [5, 5.41) is 44.1. The Morgan fingerprint density at radius 1 is 0.911 bits per heavy atom. The molecule has 8 nitrogen and oxygen atoms in total. The third kappa shape index (κ3) is 9.72. The molecule has 2 atom stereocenters. The minimum absolute atomic E-state index is 0. The molecule has 4 N–H and O–H groups in total. The number of aliphatic carboxylic acids is 1. The maximum Gasteiger partial charge on any atom is 2.00 e. The smallest absolute Gasteiger partial charge is 0.550 e. The van der Waals surface area contributed by atoms with Crippen LogP contribution < -0.4 is 10.4 Å². The van der Waals surface area contributed by atoms with Crippen LogP contribution in [0.3, 0.4) is 0 Å². The molecular weight excluding hydrogens is 603 g/mol. The van der Waals surface area contributed by atoms with Gasteiger partial charge in [0.1, 0.15) is 5.82 Å². The first-order chi connectivity index (χ1) is 20.6. The van der Waals surface area contributed by atoms with E-state index < -0.39 is 30.4 Å². The number of aliphatic hydroxyl groups excluding tert-OH is 3. The number of carboxylic acids is 1. The van der Waals surface area contributed by atoms with Crippen molar-refractivity contribution in [2.45, 2.75) is 71.8 Å². The predicted molar refractivity (Wildman–Crippen MR) is 173 cm³/mol. The minimum Gasteiger partial charge on any atom is -0.550 e. The molecule has 10 heteroatoms. The zero-order chi connectivity index (χ0) is 31.1. The normalized spacial score (nSPS) is 12.2. The van der Waals surface area contributed by atoms with Crippen molar-refractivity contribution in [2.75, 3.05) is 5.32 Å². The van der Waals surface area contributed by atoms with Crippen LogP contribution in [0, 0.1) is 5.82 Å². The van der Waals surface area contributed by atoms with Crippen molar-refractivity contribution in [1.82, 2.24) is 4.57 Å². The molecule has 1 amide bonds. The summed E-state index contributed by atoms with van der Waals surface area (Å²) in [6.07, 6.45) is -2.86. The fraction of sp³-hybridized carbons (Fsp3) is 0.314. The zero-order valence-electron chi connectivity index (χ0n) is 24.9. The molecule has 0 unspecified atom stereocenters. The number of amides is 1. The number of carbonyl (C=O) groups is 2. The molecule has 0 bridgehead atoms. The van der Waals surface area contributed by atoms with Gasteiger partial charge in [0.25, 0.3) is 5.91 Å². The second-order valence-electron chi connectivity index (χ2n) is 10.9. The van der Waals surface area contributed by atoms with Crippen LogP contribution in [0.15, 0.2) is 78.9 Å². The number of aliphatic hydroxyl groups is 3. The van der Waals surface area contributed by atoms with Gasteiger partial charge in [0.2, 0.25) is 0 Å². The van der Waals surface area contributed by atoms with Gasteiger partial charge in [0.15, 0.2) is 0 Å². The van der Waals surface area contributed by atoms with Gasteiger partial charge in [-0.3, -0.25) is 4.79 Å². The summed E-state index contributed by atoms with van der Waals surface area (Å²) < 4.78 is 16.0. The van der Waals surface area contributed by atoms with E-state index in [1.54, 1.807) is 36.4 Å². The molecule has 0 saturated carbocycles. The number of carboxylic acid groups (broad SMARTS) is 1.